The molecule has 0 spiro atoms. The van der Waals surface area contributed by atoms with Crippen molar-refractivity contribution in [1.29, 1.82) is 0 Å². The summed E-state index contributed by atoms with van der Waals surface area (Å²) in [5.74, 6) is -0.00764. The minimum Gasteiger partial charge on any atom is -0.373 e. The lowest BCUT2D eigenvalue weighted by molar-refractivity contribution is -0.157. The highest BCUT2D eigenvalue weighted by Crippen LogP contribution is 2.15. The molecule has 0 radical (unpaired) electrons. The standard InChI is InChI=1S/C10H20N2O3/c1-10(2,14-3)9(13)12-4-5-15-8(6-11)7-12/h8H,4-7,11H2,1-3H3. The van der Waals surface area contributed by atoms with Gasteiger partial charge in [-0.1, -0.05) is 0 Å². The minimum atomic E-state index is -0.767. The number of rotatable bonds is 3. The lowest BCUT2D eigenvalue weighted by atomic mass is 10.1. The van der Waals surface area contributed by atoms with Crippen molar-refractivity contribution in [3.63, 3.8) is 0 Å². The number of nitrogens with two attached hydrogens (primary N) is 1. The molecule has 0 saturated carbocycles. The van der Waals surface area contributed by atoms with Crippen molar-refractivity contribution in [3.8, 4) is 0 Å². The number of carbonyl (C=O) groups is 1. The summed E-state index contributed by atoms with van der Waals surface area (Å²) in [6.45, 7) is 5.69. The van der Waals surface area contributed by atoms with E-state index in [0.29, 0.717) is 26.2 Å². The van der Waals surface area contributed by atoms with Gasteiger partial charge in [0.1, 0.15) is 5.60 Å². The number of nitrogens with zero attached hydrogens (tertiary/aromatic N) is 1. The van der Waals surface area contributed by atoms with Crippen LogP contribution in [0.3, 0.4) is 0 Å². The monoisotopic (exact) mass is 216 g/mol. The van der Waals surface area contributed by atoms with Gasteiger partial charge in [0.25, 0.3) is 5.91 Å². The molecule has 15 heavy (non-hydrogen) atoms. The van der Waals surface area contributed by atoms with E-state index in [1.165, 1.54) is 0 Å². The zero-order valence-electron chi connectivity index (χ0n) is 9.66. The first kappa shape index (κ1) is 12.4. The summed E-state index contributed by atoms with van der Waals surface area (Å²) in [4.78, 5) is 13.8. The number of carbonyl (C=O) groups excluding carboxylic acids is 1. The van der Waals surface area contributed by atoms with Crippen LogP contribution in [0.5, 0.6) is 0 Å². The summed E-state index contributed by atoms with van der Waals surface area (Å²) in [6.07, 6.45) is -0.0460. The average Bonchev–Trinajstić information content (AvgIpc) is 2.28. The van der Waals surface area contributed by atoms with Crippen LogP contribution in [0.25, 0.3) is 0 Å². The van der Waals surface area contributed by atoms with E-state index in [9.17, 15) is 4.79 Å². The van der Waals surface area contributed by atoms with E-state index >= 15 is 0 Å². The van der Waals surface area contributed by atoms with Crippen molar-refractivity contribution < 1.29 is 14.3 Å². The Morgan fingerprint density at radius 2 is 2.33 bits per heavy atom. The van der Waals surface area contributed by atoms with Crippen molar-refractivity contribution in [3.05, 3.63) is 0 Å². The van der Waals surface area contributed by atoms with Crippen LogP contribution in [0.15, 0.2) is 0 Å². The van der Waals surface area contributed by atoms with Crippen molar-refractivity contribution >= 4 is 5.91 Å². The van der Waals surface area contributed by atoms with Crippen molar-refractivity contribution in [2.45, 2.75) is 25.6 Å². The normalized spacial score (nSPS) is 22.9. The molecule has 1 rings (SSSR count). The maximum absolute atomic E-state index is 12.0. The molecular weight excluding hydrogens is 196 g/mol. The van der Waals surface area contributed by atoms with E-state index in [0.717, 1.165) is 0 Å². The van der Waals surface area contributed by atoms with Gasteiger partial charge in [0.05, 0.1) is 12.7 Å². The molecule has 1 amide bonds. The summed E-state index contributed by atoms with van der Waals surface area (Å²) >= 11 is 0. The molecule has 0 aromatic carbocycles. The van der Waals surface area contributed by atoms with Crippen LogP contribution < -0.4 is 5.73 Å². The molecule has 1 unspecified atom stereocenters. The van der Waals surface area contributed by atoms with E-state index in [-0.39, 0.29) is 12.0 Å². The summed E-state index contributed by atoms with van der Waals surface area (Å²) < 4.78 is 10.6. The zero-order chi connectivity index (χ0) is 11.5. The second kappa shape index (κ2) is 4.92. The third-order valence-corrected chi connectivity index (χ3v) is 2.71. The fourth-order valence-corrected chi connectivity index (χ4v) is 1.51. The molecule has 0 aromatic rings. The van der Waals surface area contributed by atoms with Gasteiger partial charge >= 0.3 is 0 Å². The van der Waals surface area contributed by atoms with Crippen LogP contribution in [0, 0.1) is 0 Å². The Morgan fingerprint density at radius 1 is 1.67 bits per heavy atom. The molecule has 1 aliphatic heterocycles. The maximum Gasteiger partial charge on any atom is 0.254 e. The van der Waals surface area contributed by atoms with Gasteiger partial charge in [-0.3, -0.25) is 4.79 Å². The molecule has 1 saturated heterocycles. The Labute approximate surface area is 90.5 Å². The fourth-order valence-electron chi connectivity index (χ4n) is 1.51. The van der Waals surface area contributed by atoms with Crippen LogP contribution >= 0.6 is 0 Å². The van der Waals surface area contributed by atoms with Gasteiger partial charge in [-0.2, -0.15) is 0 Å². The molecule has 88 valence electrons. The summed E-state index contributed by atoms with van der Waals surface area (Å²) in [6, 6.07) is 0. The highest BCUT2D eigenvalue weighted by atomic mass is 16.5. The molecule has 1 heterocycles. The van der Waals surface area contributed by atoms with Crippen molar-refractivity contribution in [1.82, 2.24) is 4.90 Å². The zero-order valence-corrected chi connectivity index (χ0v) is 9.66. The van der Waals surface area contributed by atoms with E-state index < -0.39 is 5.60 Å². The Balaban J connectivity index is 2.60. The van der Waals surface area contributed by atoms with Crippen LogP contribution in [-0.4, -0.2) is 55.9 Å². The molecule has 1 fully saturated rings. The Kier molecular flexibility index (Phi) is 4.07. The predicted molar refractivity (Wildman–Crippen MR) is 56.5 cm³/mol. The Bertz CT molecular complexity index is 231. The van der Waals surface area contributed by atoms with Crippen LogP contribution in [-0.2, 0) is 14.3 Å². The topological polar surface area (TPSA) is 64.8 Å². The van der Waals surface area contributed by atoms with Gasteiger partial charge in [-0.05, 0) is 13.8 Å². The molecule has 5 nitrogen and oxygen atoms in total. The maximum atomic E-state index is 12.0. The first-order valence-electron chi connectivity index (χ1n) is 5.17. The van der Waals surface area contributed by atoms with Crippen molar-refractivity contribution in [2.24, 2.45) is 5.73 Å². The molecule has 5 heteroatoms. The largest absolute Gasteiger partial charge is 0.373 e. The SMILES string of the molecule is COC(C)(C)C(=O)N1CCOC(CN)C1. The Morgan fingerprint density at radius 3 is 2.87 bits per heavy atom. The third-order valence-electron chi connectivity index (χ3n) is 2.71. The predicted octanol–water partition coefficient (Wildman–Crippen LogP) is -0.402. The molecule has 0 bridgehead atoms. The van der Waals surface area contributed by atoms with E-state index in [2.05, 4.69) is 0 Å². The second-order valence-electron chi connectivity index (χ2n) is 4.19. The van der Waals surface area contributed by atoms with Gasteiger partial charge in [-0.25, -0.2) is 0 Å². The number of amides is 1. The van der Waals surface area contributed by atoms with Gasteiger partial charge < -0.3 is 20.1 Å². The smallest absolute Gasteiger partial charge is 0.254 e. The molecular formula is C10H20N2O3. The number of morpholine rings is 1. The van der Waals surface area contributed by atoms with Crippen LogP contribution in [0.4, 0.5) is 0 Å². The van der Waals surface area contributed by atoms with Crippen LogP contribution in [0.1, 0.15) is 13.8 Å². The third kappa shape index (κ3) is 2.90. The number of ether oxygens (including phenoxy) is 2. The van der Waals surface area contributed by atoms with E-state index in [1.807, 2.05) is 0 Å². The molecule has 1 aliphatic rings. The van der Waals surface area contributed by atoms with E-state index in [1.54, 1.807) is 25.9 Å². The Hall–Kier alpha value is -0.650. The van der Waals surface area contributed by atoms with Gasteiger partial charge in [0, 0.05) is 26.7 Å². The average molecular weight is 216 g/mol. The molecule has 1 atom stereocenters. The van der Waals surface area contributed by atoms with Crippen LogP contribution in [0.2, 0.25) is 0 Å². The van der Waals surface area contributed by atoms with Gasteiger partial charge in [-0.15, -0.1) is 0 Å². The van der Waals surface area contributed by atoms with Crippen molar-refractivity contribution in [2.75, 3.05) is 33.4 Å². The lowest BCUT2D eigenvalue weighted by Crippen LogP contribution is -2.54. The first-order chi connectivity index (χ1) is 7.01. The highest BCUT2D eigenvalue weighted by Gasteiger charge is 2.34. The van der Waals surface area contributed by atoms with Gasteiger partial charge in [0.15, 0.2) is 0 Å². The molecule has 2 N–H and O–H groups in total. The lowest BCUT2D eigenvalue weighted by Gasteiger charge is -2.36. The van der Waals surface area contributed by atoms with E-state index in [4.69, 9.17) is 15.2 Å². The van der Waals surface area contributed by atoms with Gasteiger partial charge in [0.2, 0.25) is 0 Å². The number of hydrogen-bond donors (Lipinski definition) is 1. The highest BCUT2D eigenvalue weighted by molar-refractivity contribution is 5.84. The summed E-state index contributed by atoms with van der Waals surface area (Å²) in [5.41, 5.74) is 4.75. The fraction of sp³-hybridized carbons (Fsp3) is 0.900. The summed E-state index contributed by atoms with van der Waals surface area (Å²) in [7, 11) is 1.54. The number of hydrogen-bond acceptors (Lipinski definition) is 4. The minimum absolute atomic E-state index is 0.00764. The molecule has 0 aromatic heterocycles. The summed E-state index contributed by atoms with van der Waals surface area (Å²) in [5, 5.41) is 0. The first-order valence-corrected chi connectivity index (χ1v) is 5.17. The number of methoxy groups -OCH3 is 1. The second-order valence-corrected chi connectivity index (χ2v) is 4.19. The quantitative estimate of drug-likeness (QED) is 0.697. The molecule has 0 aliphatic carbocycles.